The molecular formula is C12H19N5OS. The lowest BCUT2D eigenvalue weighted by Crippen LogP contribution is -2.38. The zero-order valence-electron chi connectivity index (χ0n) is 11.6. The van der Waals surface area contributed by atoms with E-state index in [2.05, 4.69) is 20.8 Å². The fraction of sp³-hybridized carbons (Fsp3) is 0.500. The zero-order chi connectivity index (χ0) is 14.6. The lowest BCUT2D eigenvalue weighted by atomic mass is 10.1. The number of hydrogen-bond donors (Lipinski definition) is 3. The summed E-state index contributed by atoms with van der Waals surface area (Å²) in [6, 6.07) is -0.440. The molecule has 0 aliphatic carbocycles. The molecule has 1 rings (SSSR count). The van der Waals surface area contributed by atoms with Crippen LogP contribution in [0.3, 0.4) is 0 Å². The summed E-state index contributed by atoms with van der Waals surface area (Å²) in [4.78, 5) is 11.9. The highest BCUT2D eigenvalue weighted by Crippen LogP contribution is 2.18. The summed E-state index contributed by atoms with van der Waals surface area (Å²) in [5.41, 5.74) is 7.99. The van der Waals surface area contributed by atoms with Crippen LogP contribution in [0.15, 0.2) is 0 Å². The van der Waals surface area contributed by atoms with Crippen molar-refractivity contribution in [3.63, 3.8) is 0 Å². The van der Waals surface area contributed by atoms with E-state index >= 15 is 0 Å². The molecule has 0 spiro atoms. The minimum atomic E-state index is -0.440. The van der Waals surface area contributed by atoms with Gasteiger partial charge in [0, 0.05) is 6.54 Å². The molecule has 1 heterocycles. The highest BCUT2D eigenvalue weighted by molar-refractivity contribution is 7.80. The number of aromatic nitrogens is 2. The third kappa shape index (κ3) is 3.60. The van der Waals surface area contributed by atoms with Crippen LogP contribution in [0, 0.1) is 13.8 Å². The van der Waals surface area contributed by atoms with Gasteiger partial charge in [0.25, 0.3) is 0 Å². The monoisotopic (exact) mass is 281 g/mol. The number of aryl methyl sites for hydroxylation is 1. The average molecular weight is 281 g/mol. The molecule has 0 radical (unpaired) electrons. The minimum absolute atomic E-state index is 0.114. The molecule has 1 aromatic rings. The number of carbonyl (C=O) groups is 1. The lowest BCUT2D eigenvalue weighted by Gasteiger charge is -2.17. The second-order valence-corrected chi connectivity index (χ2v) is 4.70. The molecule has 0 aliphatic heterocycles. The summed E-state index contributed by atoms with van der Waals surface area (Å²) in [6.07, 6.45) is 0. The first kappa shape index (κ1) is 15.3. The molecule has 6 nitrogen and oxygen atoms in total. The van der Waals surface area contributed by atoms with Gasteiger partial charge >= 0.3 is 0 Å². The summed E-state index contributed by atoms with van der Waals surface area (Å²) in [7, 11) is 0. The van der Waals surface area contributed by atoms with Crippen molar-refractivity contribution in [2.75, 3.05) is 11.9 Å². The van der Waals surface area contributed by atoms with Gasteiger partial charge in [0.15, 0.2) is 5.82 Å². The van der Waals surface area contributed by atoms with Crippen LogP contribution in [0.1, 0.15) is 30.7 Å². The molecule has 0 aromatic carbocycles. The molecule has 1 unspecified atom stereocenters. The van der Waals surface area contributed by atoms with Gasteiger partial charge in [0.05, 0.1) is 11.3 Å². The predicted molar refractivity (Wildman–Crippen MR) is 79.2 cm³/mol. The fourth-order valence-electron chi connectivity index (χ4n) is 1.61. The van der Waals surface area contributed by atoms with Crippen molar-refractivity contribution in [3.8, 4) is 0 Å². The van der Waals surface area contributed by atoms with E-state index in [1.807, 2.05) is 20.8 Å². The summed E-state index contributed by atoms with van der Waals surface area (Å²) in [5, 5.41) is 13.8. The number of rotatable bonds is 5. The Balaban J connectivity index is 3.05. The Labute approximate surface area is 118 Å². The summed E-state index contributed by atoms with van der Waals surface area (Å²) >= 11 is 5.04. The summed E-state index contributed by atoms with van der Waals surface area (Å²) < 4.78 is 0. The molecule has 7 heteroatoms. The largest absolute Gasteiger partial charge is 0.389 e. The van der Waals surface area contributed by atoms with Crippen LogP contribution in [0.4, 0.5) is 5.82 Å². The molecule has 1 amide bonds. The quantitative estimate of drug-likeness (QED) is 0.687. The number of nitrogens with two attached hydrogens (primary N) is 1. The number of nitrogens with one attached hydrogen (secondary N) is 2. The van der Waals surface area contributed by atoms with E-state index in [-0.39, 0.29) is 10.9 Å². The summed E-state index contributed by atoms with van der Waals surface area (Å²) in [6.45, 7) is 7.89. The first-order valence-corrected chi connectivity index (χ1v) is 6.47. The highest BCUT2D eigenvalue weighted by Gasteiger charge is 2.18. The Morgan fingerprint density at radius 1 is 1.42 bits per heavy atom. The topological polar surface area (TPSA) is 92.9 Å². The lowest BCUT2D eigenvalue weighted by molar-refractivity contribution is -0.121. The molecule has 0 aliphatic rings. The van der Waals surface area contributed by atoms with Crippen molar-refractivity contribution in [2.45, 2.75) is 33.7 Å². The maximum absolute atomic E-state index is 11.7. The average Bonchev–Trinajstić information content (AvgIpc) is 2.33. The van der Waals surface area contributed by atoms with Crippen molar-refractivity contribution >= 4 is 28.9 Å². The van der Waals surface area contributed by atoms with Gasteiger partial charge in [0.1, 0.15) is 11.0 Å². The van der Waals surface area contributed by atoms with Gasteiger partial charge in [0.2, 0.25) is 5.91 Å². The van der Waals surface area contributed by atoms with Gasteiger partial charge in [-0.2, -0.15) is 5.10 Å². The molecule has 0 bridgehead atoms. The van der Waals surface area contributed by atoms with Crippen molar-refractivity contribution in [1.82, 2.24) is 15.5 Å². The van der Waals surface area contributed by atoms with Gasteiger partial charge in [-0.25, -0.2) is 0 Å². The molecule has 0 fully saturated rings. The smallest absolute Gasteiger partial charge is 0.242 e. The molecule has 1 aromatic heterocycles. The number of amides is 1. The number of carbonyl (C=O) groups excluding carboxylic acids is 1. The van der Waals surface area contributed by atoms with E-state index in [0.29, 0.717) is 17.9 Å². The molecular weight excluding hydrogens is 262 g/mol. The molecule has 104 valence electrons. The van der Waals surface area contributed by atoms with Gasteiger partial charge in [-0.1, -0.05) is 12.2 Å². The third-order valence-electron chi connectivity index (χ3n) is 2.80. The van der Waals surface area contributed by atoms with E-state index in [1.54, 1.807) is 6.92 Å². The van der Waals surface area contributed by atoms with Gasteiger partial charge in [-0.3, -0.25) is 4.79 Å². The minimum Gasteiger partial charge on any atom is -0.389 e. The predicted octanol–water partition coefficient (Wildman–Crippen LogP) is 0.664. The molecule has 19 heavy (non-hydrogen) atoms. The SMILES string of the molecule is CCNC(=O)C(C)Nc1nnc(C)c(C)c1C(N)=S. The third-order valence-corrected chi connectivity index (χ3v) is 3.00. The second kappa shape index (κ2) is 6.42. The van der Waals surface area contributed by atoms with Gasteiger partial charge < -0.3 is 16.4 Å². The summed E-state index contributed by atoms with van der Waals surface area (Å²) in [5.74, 6) is 0.325. The van der Waals surface area contributed by atoms with Crippen LogP contribution in [0.5, 0.6) is 0 Å². The zero-order valence-corrected chi connectivity index (χ0v) is 12.4. The molecule has 1 atom stereocenters. The van der Waals surface area contributed by atoms with Crippen LogP contribution < -0.4 is 16.4 Å². The van der Waals surface area contributed by atoms with E-state index in [1.165, 1.54) is 0 Å². The van der Waals surface area contributed by atoms with E-state index in [4.69, 9.17) is 18.0 Å². The molecule has 0 saturated heterocycles. The Hall–Kier alpha value is -1.76. The maximum Gasteiger partial charge on any atom is 0.242 e. The van der Waals surface area contributed by atoms with Crippen molar-refractivity contribution < 1.29 is 4.79 Å². The van der Waals surface area contributed by atoms with Crippen LogP contribution >= 0.6 is 12.2 Å². The molecule has 4 N–H and O–H groups in total. The standard InChI is InChI=1S/C12H19N5OS/c1-5-14-12(18)8(4)15-11-9(10(13)19)6(2)7(3)16-17-11/h8H,5H2,1-4H3,(H2,13,19)(H,14,18)(H,15,17). The first-order chi connectivity index (χ1) is 8.88. The normalized spacial score (nSPS) is 11.8. The van der Waals surface area contributed by atoms with E-state index < -0.39 is 6.04 Å². The van der Waals surface area contributed by atoms with Crippen LogP contribution in [0.2, 0.25) is 0 Å². The highest BCUT2D eigenvalue weighted by atomic mass is 32.1. The number of likely N-dealkylation sites (N-methyl/N-ethyl adjacent to an activating group) is 1. The Morgan fingerprint density at radius 2 is 2.05 bits per heavy atom. The van der Waals surface area contributed by atoms with Crippen molar-refractivity contribution in [2.24, 2.45) is 5.73 Å². The van der Waals surface area contributed by atoms with Crippen molar-refractivity contribution in [3.05, 3.63) is 16.8 Å². The van der Waals surface area contributed by atoms with Crippen LogP contribution in [-0.4, -0.2) is 33.7 Å². The first-order valence-electron chi connectivity index (χ1n) is 6.06. The number of thiocarbonyl (C=S) groups is 1. The fourth-order valence-corrected chi connectivity index (χ4v) is 1.86. The number of nitrogens with zero attached hydrogens (tertiary/aromatic N) is 2. The van der Waals surface area contributed by atoms with Crippen LogP contribution in [0.25, 0.3) is 0 Å². The van der Waals surface area contributed by atoms with Crippen molar-refractivity contribution in [1.29, 1.82) is 0 Å². The maximum atomic E-state index is 11.7. The Bertz CT molecular complexity index is 503. The number of hydrogen-bond acceptors (Lipinski definition) is 5. The number of anilines is 1. The Morgan fingerprint density at radius 3 is 2.58 bits per heavy atom. The molecule has 0 saturated carbocycles. The Kier molecular flexibility index (Phi) is 5.17. The van der Waals surface area contributed by atoms with Gasteiger partial charge in [-0.05, 0) is 33.3 Å². The van der Waals surface area contributed by atoms with Gasteiger partial charge in [-0.15, -0.1) is 5.10 Å². The second-order valence-electron chi connectivity index (χ2n) is 4.26. The van der Waals surface area contributed by atoms with E-state index in [9.17, 15) is 4.79 Å². The van der Waals surface area contributed by atoms with E-state index in [0.717, 1.165) is 11.3 Å². The van der Waals surface area contributed by atoms with Crippen LogP contribution in [-0.2, 0) is 4.79 Å².